The summed E-state index contributed by atoms with van der Waals surface area (Å²) in [5.41, 5.74) is 1.34. The molecular weight excluding hydrogens is 371 g/mol. The molecule has 2 N–H and O–H groups in total. The van der Waals surface area contributed by atoms with Gasteiger partial charge in [0.2, 0.25) is 5.91 Å². The predicted molar refractivity (Wildman–Crippen MR) is 96.2 cm³/mol. The lowest BCUT2D eigenvalue weighted by molar-refractivity contribution is -0.122. The van der Waals surface area contributed by atoms with E-state index in [1.807, 2.05) is 30.3 Å². The molecule has 2 atom stereocenters. The first-order chi connectivity index (χ1) is 11.6. The fourth-order valence-electron chi connectivity index (χ4n) is 3.10. The third kappa shape index (κ3) is 4.22. The second-order valence-electron chi connectivity index (χ2n) is 6.07. The first-order valence-corrected chi connectivity index (χ1v) is 8.95. The van der Waals surface area contributed by atoms with Gasteiger partial charge in [-0.2, -0.15) is 0 Å². The van der Waals surface area contributed by atoms with Crippen molar-refractivity contribution in [3.63, 3.8) is 0 Å². The molecule has 1 heterocycles. The van der Waals surface area contributed by atoms with Crippen LogP contribution in [-0.4, -0.2) is 18.5 Å². The van der Waals surface area contributed by atoms with Crippen molar-refractivity contribution in [2.24, 2.45) is 0 Å². The highest BCUT2D eigenvalue weighted by molar-refractivity contribution is 9.10. The summed E-state index contributed by atoms with van der Waals surface area (Å²) in [6, 6.07) is 14.2. The second-order valence-corrected chi connectivity index (χ2v) is 6.99. The largest absolute Gasteiger partial charge is 0.345 e. The normalized spacial score (nSPS) is 18.3. The molecule has 0 saturated carbocycles. The van der Waals surface area contributed by atoms with Crippen LogP contribution in [0.3, 0.4) is 0 Å². The van der Waals surface area contributed by atoms with E-state index in [0.29, 0.717) is 16.5 Å². The Hall–Kier alpha value is -1.72. The zero-order chi connectivity index (χ0) is 16.9. The summed E-state index contributed by atoms with van der Waals surface area (Å²) in [5, 5.41) is 6.32. The third-order valence-electron chi connectivity index (χ3n) is 4.31. The molecule has 126 valence electrons. The standard InChI is InChI=1S/C19H20BrFN2O/c20-14-8-9-16(17(21)11-14)19(13-5-2-1-3-6-13)23-18(24)12-15-7-4-10-22-15/h1-3,5-6,8-9,11,15,19,22H,4,7,10,12H2,(H,23,24). The van der Waals surface area contributed by atoms with Gasteiger partial charge in [0.25, 0.3) is 0 Å². The van der Waals surface area contributed by atoms with Crippen LogP contribution in [0.1, 0.15) is 36.4 Å². The van der Waals surface area contributed by atoms with Gasteiger partial charge in [-0.3, -0.25) is 4.79 Å². The maximum Gasteiger partial charge on any atom is 0.222 e. The fourth-order valence-corrected chi connectivity index (χ4v) is 3.43. The minimum Gasteiger partial charge on any atom is -0.345 e. The molecule has 3 rings (SSSR count). The number of benzene rings is 2. The molecule has 0 aromatic heterocycles. The van der Waals surface area contributed by atoms with Crippen LogP contribution in [0.5, 0.6) is 0 Å². The van der Waals surface area contributed by atoms with Crippen LogP contribution in [0.25, 0.3) is 0 Å². The zero-order valence-corrected chi connectivity index (χ0v) is 14.9. The van der Waals surface area contributed by atoms with Crippen molar-refractivity contribution in [1.82, 2.24) is 10.6 Å². The monoisotopic (exact) mass is 390 g/mol. The molecule has 1 aliphatic heterocycles. The van der Waals surface area contributed by atoms with Crippen molar-refractivity contribution < 1.29 is 9.18 Å². The van der Waals surface area contributed by atoms with Crippen molar-refractivity contribution in [3.8, 4) is 0 Å². The lowest BCUT2D eigenvalue weighted by Gasteiger charge is -2.21. The highest BCUT2D eigenvalue weighted by Crippen LogP contribution is 2.27. The number of hydrogen-bond donors (Lipinski definition) is 2. The quantitative estimate of drug-likeness (QED) is 0.811. The number of nitrogens with one attached hydrogen (secondary N) is 2. The maximum absolute atomic E-state index is 14.4. The number of carbonyl (C=O) groups excluding carboxylic acids is 1. The van der Waals surface area contributed by atoms with E-state index in [9.17, 15) is 9.18 Å². The number of carbonyl (C=O) groups is 1. The minimum absolute atomic E-state index is 0.0643. The minimum atomic E-state index is -0.492. The second kappa shape index (κ2) is 7.90. The van der Waals surface area contributed by atoms with Crippen LogP contribution in [0, 0.1) is 5.82 Å². The average Bonchev–Trinajstić information content (AvgIpc) is 3.07. The summed E-state index contributed by atoms with van der Waals surface area (Å²) >= 11 is 3.28. The fraction of sp³-hybridized carbons (Fsp3) is 0.316. The summed E-state index contributed by atoms with van der Waals surface area (Å²) in [6.07, 6.45) is 2.53. The molecule has 0 bridgehead atoms. The zero-order valence-electron chi connectivity index (χ0n) is 13.3. The smallest absolute Gasteiger partial charge is 0.222 e. The van der Waals surface area contributed by atoms with Crippen molar-refractivity contribution in [1.29, 1.82) is 0 Å². The van der Waals surface area contributed by atoms with Gasteiger partial charge in [-0.15, -0.1) is 0 Å². The molecule has 0 radical (unpaired) electrons. The van der Waals surface area contributed by atoms with Gasteiger partial charge in [0.05, 0.1) is 6.04 Å². The van der Waals surface area contributed by atoms with Crippen LogP contribution in [-0.2, 0) is 4.79 Å². The van der Waals surface area contributed by atoms with Gasteiger partial charge < -0.3 is 10.6 Å². The topological polar surface area (TPSA) is 41.1 Å². The van der Waals surface area contributed by atoms with Gasteiger partial charge >= 0.3 is 0 Å². The van der Waals surface area contributed by atoms with Crippen LogP contribution >= 0.6 is 15.9 Å². The number of amides is 1. The third-order valence-corrected chi connectivity index (χ3v) is 4.80. The molecule has 2 aromatic carbocycles. The van der Waals surface area contributed by atoms with Crippen molar-refractivity contribution >= 4 is 21.8 Å². The number of rotatable bonds is 5. The molecule has 1 amide bonds. The number of halogens is 2. The Labute approximate surface area is 149 Å². The Morgan fingerprint density at radius 1 is 1.29 bits per heavy atom. The van der Waals surface area contributed by atoms with Gasteiger partial charge in [-0.1, -0.05) is 52.3 Å². The highest BCUT2D eigenvalue weighted by atomic mass is 79.9. The van der Waals surface area contributed by atoms with E-state index in [1.165, 1.54) is 6.07 Å². The van der Waals surface area contributed by atoms with E-state index in [1.54, 1.807) is 12.1 Å². The Balaban J connectivity index is 1.83. The van der Waals surface area contributed by atoms with Crippen LogP contribution in [0.15, 0.2) is 53.0 Å². The SMILES string of the molecule is O=C(CC1CCCN1)NC(c1ccccc1)c1ccc(Br)cc1F. The molecule has 0 spiro atoms. The predicted octanol–water partition coefficient (Wildman–Crippen LogP) is 3.94. The Bertz CT molecular complexity index is 702. The Kier molecular flexibility index (Phi) is 5.63. The molecule has 24 heavy (non-hydrogen) atoms. The molecule has 1 aliphatic rings. The van der Waals surface area contributed by atoms with E-state index < -0.39 is 6.04 Å². The highest BCUT2D eigenvalue weighted by Gasteiger charge is 2.23. The Morgan fingerprint density at radius 2 is 2.08 bits per heavy atom. The van der Waals surface area contributed by atoms with Crippen molar-refractivity contribution in [3.05, 3.63) is 69.9 Å². The summed E-state index contributed by atoms with van der Waals surface area (Å²) in [7, 11) is 0. The molecule has 1 fully saturated rings. The van der Waals surface area contributed by atoms with Crippen LogP contribution in [0.2, 0.25) is 0 Å². The van der Waals surface area contributed by atoms with Crippen LogP contribution in [0.4, 0.5) is 4.39 Å². The molecule has 0 aliphatic carbocycles. The molecule has 2 unspecified atom stereocenters. The van der Waals surface area contributed by atoms with Gasteiger partial charge in [-0.25, -0.2) is 4.39 Å². The molecule has 3 nitrogen and oxygen atoms in total. The van der Waals surface area contributed by atoms with Gasteiger partial charge in [-0.05, 0) is 37.1 Å². The summed E-state index contributed by atoms with van der Waals surface area (Å²) in [5.74, 6) is -0.400. The van der Waals surface area contributed by atoms with E-state index in [4.69, 9.17) is 0 Å². The summed E-state index contributed by atoms with van der Waals surface area (Å²) < 4.78 is 15.1. The molecule has 1 saturated heterocycles. The first kappa shape index (κ1) is 17.1. The van der Waals surface area contributed by atoms with Gasteiger partial charge in [0.15, 0.2) is 0 Å². The Morgan fingerprint density at radius 3 is 2.75 bits per heavy atom. The van der Waals surface area contributed by atoms with E-state index >= 15 is 0 Å². The molecule has 5 heteroatoms. The van der Waals surface area contributed by atoms with Gasteiger partial charge in [0.1, 0.15) is 5.82 Å². The van der Waals surface area contributed by atoms with Crippen molar-refractivity contribution in [2.45, 2.75) is 31.3 Å². The van der Waals surface area contributed by atoms with E-state index in [0.717, 1.165) is 24.9 Å². The maximum atomic E-state index is 14.4. The first-order valence-electron chi connectivity index (χ1n) is 8.16. The summed E-state index contributed by atoms with van der Waals surface area (Å²) in [6.45, 7) is 0.960. The summed E-state index contributed by atoms with van der Waals surface area (Å²) in [4.78, 5) is 12.5. The number of hydrogen-bond acceptors (Lipinski definition) is 2. The lowest BCUT2D eigenvalue weighted by Crippen LogP contribution is -2.35. The van der Waals surface area contributed by atoms with E-state index in [-0.39, 0.29) is 17.8 Å². The molecular formula is C19H20BrFN2O. The van der Waals surface area contributed by atoms with Gasteiger partial charge in [0, 0.05) is 22.5 Å². The lowest BCUT2D eigenvalue weighted by atomic mass is 9.97. The van der Waals surface area contributed by atoms with Crippen molar-refractivity contribution in [2.75, 3.05) is 6.54 Å². The average molecular weight is 391 g/mol. The van der Waals surface area contributed by atoms with Crippen LogP contribution < -0.4 is 10.6 Å². The van der Waals surface area contributed by atoms with E-state index in [2.05, 4.69) is 26.6 Å². The molecule has 2 aromatic rings.